The highest BCUT2D eigenvalue weighted by molar-refractivity contribution is 7.92. The fourth-order valence-electron chi connectivity index (χ4n) is 2.22. The third kappa shape index (κ3) is 6.91. The SMILES string of the molecule is CN(Cc1ccccc1)C(=O)CCNS(=O)(=O)C=Cc1ccccc1. The van der Waals surface area contributed by atoms with E-state index in [0.29, 0.717) is 6.54 Å². The number of hydrogen-bond donors (Lipinski definition) is 1. The van der Waals surface area contributed by atoms with Gasteiger partial charge < -0.3 is 4.90 Å². The molecule has 0 aliphatic rings. The minimum Gasteiger partial charge on any atom is -0.341 e. The third-order valence-corrected chi connectivity index (χ3v) is 4.67. The van der Waals surface area contributed by atoms with Crippen molar-refractivity contribution in [3.05, 3.63) is 77.2 Å². The number of hydrogen-bond acceptors (Lipinski definition) is 3. The molecule has 0 spiro atoms. The summed E-state index contributed by atoms with van der Waals surface area (Å²) in [5.74, 6) is -0.112. The molecule has 0 unspecified atom stereocenters. The van der Waals surface area contributed by atoms with E-state index in [0.717, 1.165) is 16.5 Å². The molecule has 0 fully saturated rings. The van der Waals surface area contributed by atoms with Crippen LogP contribution < -0.4 is 4.72 Å². The van der Waals surface area contributed by atoms with Gasteiger partial charge in [0.05, 0.1) is 0 Å². The topological polar surface area (TPSA) is 66.5 Å². The molecule has 6 heteroatoms. The summed E-state index contributed by atoms with van der Waals surface area (Å²) in [6.45, 7) is 0.569. The molecular formula is C19H22N2O3S. The molecule has 0 aliphatic carbocycles. The molecule has 25 heavy (non-hydrogen) atoms. The van der Waals surface area contributed by atoms with Crippen molar-refractivity contribution >= 4 is 22.0 Å². The lowest BCUT2D eigenvalue weighted by atomic mass is 10.2. The molecule has 1 amide bonds. The van der Waals surface area contributed by atoms with Crippen LogP contribution in [0.15, 0.2) is 66.1 Å². The summed E-state index contributed by atoms with van der Waals surface area (Å²) >= 11 is 0. The Hall–Kier alpha value is -2.44. The average molecular weight is 358 g/mol. The predicted molar refractivity (Wildman–Crippen MR) is 99.9 cm³/mol. The van der Waals surface area contributed by atoms with Gasteiger partial charge in [-0.15, -0.1) is 0 Å². The van der Waals surface area contributed by atoms with Crippen molar-refractivity contribution in [3.63, 3.8) is 0 Å². The number of sulfonamides is 1. The zero-order valence-electron chi connectivity index (χ0n) is 14.1. The van der Waals surface area contributed by atoms with E-state index in [1.807, 2.05) is 60.7 Å². The second-order valence-electron chi connectivity index (χ2n) is 5.64. The van der Waals surface area contributed by atoms with E-state index in [-0.39, 0.29) is 18.9 Å². The van der Waals surface area contributed by atoms with Gasteiger partial charge >= 0.3 is 0 Å². The van der Waals surface area contributed by atoms with Gasteiger partial charge in [-0.3, -0.25) is 4.79 Å². The van der Waals surface area contributed by atoms with Crippen molar-refractivity contribution in [1.82, 2.24) is 9.62 Å². The Balaban J connectivity index is 1.78. The molecule has 2 aromatic carbocycles. The van der Waals surface area contributed by atoms with Gasteiger partial charge in [-0.05, 0) is 17.2 Å². The summed E-state index contributed by atoms with van der Waals surface area (Å²) in [6.07, 6.45) is 1.63. The fourth-order valence-corrected chi connectivity index (χ4v) is 3.04. The number of nitrogens with zero attached hydrogens (tertiary/aromatic N) is 1. The molecule has 0 radical (unpaired) electrons. The molecule has 0 aromatic heterocycles. The van der Waals surface area contributed by atoms with Crippen LogP contribution in [0.5, 0.6) is 0 Å². The Labute approximate surface area is 149 Å². The standard InChI is InChI=1S/C19H22N2O3S/c1-21(16-18-10-6-3-7-11-18)19(22)12-14-20-25(23,24)15-13-17-8-4-2-5-9-17/h2-11,13,15,20H,12,14,16H2,1H3. The Morgan fingerprint density at radius 3 is 2.28 bits per heavy atom. The second kappa shape index (κ2) is 9.15. The van der Waals surface area contributed by atoms with Crippen molar-refractivity contribution in [2.75, 3.05) is 13.6 Å². The highest BCUT2D eigenvalue weighted by Gasteiger charge is 2.11. The molecule has 0 aliphatic heterocycles. The van der Waals surface area contributed by atoms with E-state index in [9.17, 15) is 13.2 Å². The minimum absolute atomic E-state index is 0.0689. The molecule has 0 saturated heterocycles. The van der Waals surface area contributed by atoms with Gasteiger partial charge in [-0.2, -0.15) is 0 Å². The van der Waals surface area contributed by atoms with Crippen molar-refractivity contribution < 1.29 is 13.2 Å². The molecule has 5 nitrogen and oxygen atoms in total. The molecule has 2 rings (SSSR count). The largest absolute Gasteiger partial charge is 0.341 e. The lowest BCUT2D eigenvalue weighted by molar-refractivity contribution is -0.130. The lowest BCUT2D eigenvalue weighted by Gasteiger charge is -2.17. The zero-order chi connectivity index (χ0) is 18.1. The fraction of sp³-hybridized carbons (Fsp3) is 0.211. The van der Waals surface area contributed by atoms with Gasteiger partial charge in [0, 0.05) is 32.0 Å². The van der Waals surface area contributed by atoms with Crippen LogP contribution in [0.1, 0.15) is 17.5 Å². The number of rotatable bonds is 8. The Morgan fingerprint density at radius 2 is 1.64 bits per heavy atom. The first kappa shape index (κ1) is 18.9. The maximum Gasteiger partial charge on any atom is 0.233 e. The first-order chi connectivity index (χ1) is 12.0. The maximum atomic E-state index is 12.1. The maximum absolute atomic E-state index is 12.1. The van der Waals surface area contributed by atoms with Gasteiger partial charge in [0.2, 0.25) is 15.9 Å². The summed E-state index contributed by atoms with van der Waals surface area (Å²) in [5, 5.41) is 1.11. The summed E-state index contributed by atoms with van der Waals surface area (Å²) in [5.41, 5.74) is 1.83. The van der Waals surface area contributed by atoms with E-state index in [2.05, 4.69) is 4.72 Å². The molecular weight excluding hydrogens is 336 g/mol. The van der Waals surface area contributed by atoms with Crippen molar-refractivity contribution in [2.45, 2.75) is 13.0 Å². The van der Waals surface area contributed by atoms with Crippen molar-refractivity contribution in [1.29, 1.82) is 0 Å². The van der Waals surface area contributed by atoms with Gasteiger partial charge in [0.1, 0.15) is 0 Å². The number of nitrogens with one attached hydrogen (secondary N) is 1. The molecule has 2 aromatic rings. The van der Waals surface area contributed by atoms with Crippen LogP contribution in [0.4, 0.5) is 0 Å². The van der Waals surface area contributed by atoms with E-state index in [1.165, 1.54) is 6.08 Å². The zero-order valence-corrected chi connectivity index (χ0v) is 14.9. The number of carbonyl (C=O) groups is 1. The molecule has 0 atom stereocenters. The van der Waals surface area contributed by atoms with Gasteiger partial charge in [0.25, 0.3) is 0 Å². The van der Waals surface area contributed by atoms with E-state index in [1.54, 1.807) is 11.9 Å². The molecule has 0 bridgehead atoms. The molecule has 132 valence electrons. The summed E-state index contributed by atoms with van der Waals surface area (Å²) in [7, 11) is -1.85. The molecule has 0 saturated carbocycles. The van der Waals surface area contributed by atoms with E-state index < -0.39 is 10.0 Å². The smallest absolute Gasteiger partial charge is 0.233 e. The lowest BCUT2D eigenvalue weighted by Crippen LogP contribution is -2.31. The van der Waals surface area contributed by atoms with Crippen LogP contribution in [-0.4, -0.2) is 32.8 Å². The van der Waals surface area contributed by atoms with Crippen LogP contribution in [0.3, 0.4) is 0 Å². The van der Waals surface area contributed by atoms with Gasteiger partial charge in [0.15, 0.2) is 0 Å². The Kier molecular flexibility index (Phi) is 6.91. The number of amides is 1. The van der Waals surface area contributed by atoms with Crippen LogP contribution >= 0.6 is 0 Å². The normalized spacial score (nSPS) is 11.6. The van der Waals surface area contributed by atoms with E-state index >= 15 is 0 Å². The number of benzene rings is 2. The highest BCUT2D eigenvalue weighted by atomic mass is 32.2. The summed E-state index contributed by atoms with van der Waals surface area (Å²) in [6, 6.07) is 18.8. The van der Waals surface area contributed by atoms with Gasteiger partial charge in [-0.25, -0.2) is 13.1 Å². The van der Waals surface area contributed by atoms with Crippen LogP contribution in [0.2, 0.25) is 0 Å². The predicted octanol–water partition coefficient (Wildman–Crippen LogP) is 2.63. The van der Waals surface area contributed by atoms with Gasteiger partial charge in [-0.1, -0.05) is 60.7 Å². The molecule has 1 N–H and O–H groups in total. The monoisotopic (exact) mass is 358 g/mol. The Bertz CT molecular complexity index is 803. The van der Waals surface area contributed by atoms with Crippen LogP contribution in [0, 0.1) is 0 Å². The summed E-state index contributed by atoms with van der Waals surface area (Å²) in [4.78, 5) is 13.7. The minimum atomic E-state index is -3.56. The van der Waals surface area contributed by atoms with Crippen LogP contribution in [-0.2, 0) is 21.4 Å². The van der Waals surface area contributed by atoms with Crippen molar-refractivity contribution in [2.24, 2.45) is 0 Å². The van der Waals surface area contributed by atoms with E-state index in [4.69, 9.17) is 0 Å². The first-order valence-corrected chi connectivity index (χ1v) is 9.51. The first-order valence-electron chi connectivity index (χ1n) is 7.97. The highest BCUT2D eigenvalue weighted by Crippen LogP contribution is 2.05. The van der Waals surface area contributed by atoms with Crippen molar-refractivity contribution in [3.8, 4) is 0 Å². The summed E-state index contributed by atoms with van der Waals surface area (Å²) < 4.78 is 26.3. The Morgan fingerprint density at radius 1 is 1.04 bits per heavy atom. The third-order valence-electron chi connectivity index (χ3n) is 3.57. The number of carbonyl (C=O) groups excluding carboxylic acids is 1. The average Bonchev–Trinajstić information content (AvgIpc) is 2.61. The van der Waals surface area contributed by atoms with Crippen LogP contribution in [0.25, 0.3) is 6.08 Å². The quantitative estimate of drug-likeness (QED) is 0.789. The second-order valence-corrected chi connectivity index (χ2v) is 7.29. The molecule has 0 heterocycles.